The first kappa shape index (κ1) is 11.5. The monoisotopic (exact) mass is 372 g/mol. The van der Waals surface area contributed by atoms with Gasteiger partial charge >= 0.3 is 0 Å². The van der Waals surface area contributed by atoms with Crippen molar-refractivity contribution in [2.45, 2.75) is 6.92 Å². The van der Waals surface area contributed by atoms with Gasteiger partial charge < -0.3 is 0 Å². The lowest BCUT2D eigenvalue weighted by molar-refractivity contribution is 0.102. The number of carbonyl (C=O) groups is 1. The Balaban J connectivity index is 3.23. The van der Waals surface area contributed by atoms with Crippen molar-refractivity contribution in [1.29, 1.82) is 0 Å². The SMILES string of the molecule is Cc1cc(Br)c(I)cc1C(=O)CCl. The minimum absolute atomic E-state index is 0.0235. The number of halogens is 3. The van der Waals surface area contributed by atoms with Crippen LogP contribution in [0.15, 0.2) is 16.6 Å². The van der Waals surface area contributed by atoms with Gasteiger partial charge in [-0.1, -0.05) is 0 Å². The second-order valence-corrected chi connectivity index (χ2v) is 4.92. The third kappa shape index (κ3) is 2.67. The van der Waals surface area contributed by atoms with Crippen LogP contribution in [0.2, 0.25) is 0 Å². The Morgan fingerprint density at radius 1 is 1.62 bits per heavy atom. The minimum atomic E-state index is -0.0235. The third-order valence-corrected chi connectivity index (χ3v) is 4.22. The summed E-state index contributed by atoms with van der Waals surface area (Å²) in [6.07, 6.45) is 0. The molecule has 1 aromatic rings. The van der Waals surface area contributed by atoms with Gasteiger partial charge in [-0.15, -0.1) is 11.6 Å². The largest absolute Gasteiger partial charge is 0.293 e. The van der Waals surface area contributed by atoms with E-state index in [9.17, 15) is 4.79 Å². The zero-order valence-corrected chi connectivity index (χ0v) is 11.4. The molecule has 0 unspecified atom stereocenters. The fourth-order valence-corrected chi connectivity index (χ4v) is 2.09. The topological polar surface area (TPSA) is 17.1 Å². The summed E-state index contributed by atoms with van der Waals surface area (Å²) in [5.74, 6) is 0.0167. The van der Waals surface area contributed by atoms with E-state index in [1.807, 2.05) is 19.1 Å². The Morgan fingerprint density at radius 3 is 2.77 bits per heavy atom. The molecule has 1 nitrogen and oxygen atoms in total. The fourth-order valence-electron chi connectivity index (χ4n) is 1.02. The second-order valence-electron chi connectivity index (χ2n) is 2.64. The minimum Gasteiger partial charge on any atom is -0.293 e. The van der Waals surface area contributed by atoms with Crippen LogP contribution in [0.5, 0.6) is 0 Å². The maximum absolute atomic E-state index is 11.3. The standard InChI is InChI=1S/C9H7BrClIO/c1-5-2-7(10)8(12)3-6(5)9(13)4-11/h2-3H,4H2,1H3. The number of Topliss-reactive ketones (excluding diaryl/α,β-unsaturated/α-hetero) is 1. The van der Waals surface area contributed by atoms with Crippen LogP contribution in [0.3, 0.4) is 0 Å². The summed E-state index contributed by atoms with van der Waals surface area (Å²) in [6.45, 7) is 1.90. The molecule has 0 heterocycles. The van der Waals surface area contributed by atoms with Gasteiger partial charge in [-0.3, -0.25) is 4.79 Å². The molecule has 4 heteroatoms. The van der Waals surface area contributed by atoms with Crippen molar-refractivity contribution in [2.24, 2.45) is 0 Å². The Bertz CT molecular complexity index is 352. The molecule has 0 bridgehead atoms. The molecule has 0 spiro atoms. The number of carbonyl (C=O) groups excluding carboxylic acids is 1. The van der Waals surface area contributed by atoms with Crippen LogP contribution in [0.25, 0.3) is 0 Å². The van der Waals surface area contributed by atoms with Crippen LogP contribution in [0.4, 0.5) is 0 Å². The predicted octanol–water partition coefficient (Wildman–Crippen LogP) is 3.78. The van der Waals surface area contributed by atoms with Crippen LogP contribution in [-0.4, -0.2) is 11.7 Å². The van der Waals surface area contributed by atoms with Crippen molar-refractivity contribution in [3.63, 3.8) is 0 Å². The van der Waals surface area contributed by atoms with Gasteiger partial charge in [-0.2, -0.15) is 0 Å². The quantitative estimate of drug-likeness (QED) is 0.438. The van der Waals surface area contributed by atoms with Gasteiger partial charge in [-0.25, -0.2) is 0 Å². The molecule has 0 saturated carbocycles. The van der Waals surface area contributed by atoms with E-state index in [2.05, 4.69) is 38.5 Å². The highest BCUT2D eigenvalue weighted by atomic mass is 127. The lowest BCUT2D eigenvalue weighted by Gasteiger charge is -2.05. The molecular formula is C9H7BrClIO. The maximum Gasteiger partial charge on any atom is 0.177 e. The zero-order chi connectivity index (χ0) is 10.0. The number of aryl methyl sites for hydroxylation is 1. The molecule has 0 atom stereocenters. The highest BCUT2D eigenvalue weighted by molar-refractivity contribution is 14.1. The van der Waals surface area contributed by atoms with Crippen molar-refractivity contribution in [1.82, 2.24) is 0 Å². The van der Waals surface area contributed by atoms with Crippen LogP contribution < -0.4 is 0 Å². The van der Waals surface area contributed by atoms with Crippen LogP contribution in [-0.2, 0) is 0 Å². The van der Waals surface area contributed by atoms with E-state index < -0.39 is 0 Å². The zero-order valence-electron chi connectivity index (χ0n) is 6.90. The van der Waals surface area contributed by atoms with Gasteiger partial charge in [0, 0.05) is 13.6 Å². The highest BCUT2D eigenvalue weighted by Crippen LogP contribution is 2.23. The van der Waals surface area contributed by atoms with Crippen LogP contribution in [0, 0.1) is 10.5 Å². The van der Waals surface area contributed by atoms with Gasteiger partial charge in [-0.05, 0) is 63.1 Å². The van der Waals surface area contributed by atoms with E-state index in [0.717, 1.165) is 13.6 Å². The summed E-state index contributed by atoms with van der Waals surface area (Å²) >= 11 is 11.1. The van der Waals surface area contributed by atoms with Crippen molar-refractivity contribution in [2.75, 3.05) is 5.88 Å². The van der Waals surface area contributed by atoms with E-state index in [1.54, 1.807) is 0 Å². The summed E-state index contributed by atoms with van der Waals surface area (Å²) in [5, 5.41) is 0. The van der Waals surface area contributed by atoms with Gasteiger partial charge in [0.2, 0.25) is 0 Å². The average molecular weight is 373 g/mol. The Kier molecular flexibility index (Phi) is 4.19. The molecule has 0 amide bonds. The van der Waals surface area contributed by atoms with Gasteiger partial charge in [0.05, 0.1) is 5.88 Å². The van der Waals surface area contributed by atoms with Gasteiger partial charge in [0.1, 0.15) is 0 Å². The van der Waals surface area contributed by atoms with Crippen molar-refractivity contribution >= 4 is 55.9 Å². The van der Waals surface area contributed by atoms with Crippen molar-refractivity contribution < 1.29 is 4.79 Å². The number of benzene rings is 1. The molecular weight excluding hydrogens is 366 g/mol. The first-order valence-electron chi connectivity index (χ1n) is 3.61. The molecule has 1 aromatic carbocycles. The molecule has 0 N–H and O–H groups in total. The lowest BCUT2D eigenvalue weighted by Crippen LogP contribution is -2.03. The highest BCUT2D eigenvalue weighted by Gasteiger charge is 2.09. The Morgan fingerprint density at radius 2 is 2.23 bits per heavy atom. The summed E-state index contributed by atoms with van der Waals surface area (Å²) < 4.78 is 2.04. The molecule has 0 radical (unpaired) electrons. The summed E-state index contributed by atoms with van der Waals surface area (Å²) in [4.78, 5) is 11.3. The van der Waals surface area contributed by atoms with Crippen LogP contribution in [0.1, 0.15) is 15.9 Å². The van der Waals surface area contributed by atoms with E-state index in [-0.39, 0.29) is 11.7 Å². The summed E-state index contributed by atoms with van der Waals surface area (Å²) in [6, 6.07) is 3.78. The Hall–Kier alpha value is 0.390. The number of rotatable bonds is 2. The van der Waals surface area contributed by atoms with Crippen molar-refractivity contribution in [3.8, 4) is 0 Å². The van der Waals surface area contributed by atoms with E-state index >= 15 is 0 Å². The maximum atomic E-state index is 11.3. The predicted molar refractivity (Wildman–Crippen MR) is 66.6 cm³/mol. The van der Waals surface area contributed by atoms with Crippen molar-refractivity contribution in [3.05, 3.63) is 31.3 Å². The number of ketones is 1. The molecule has 0 saturated heterocycles. The first-order chi connectivity index (χ1) is 6.06. The normalized spacial score (nSPS) is 10.2. The smallest absolute Gasteiger partial charge is 0.177 e. The average Bonchev–Trinajstić information content (AvgIpc) is 2.10. The number of hydrogen-bond acceptors (Lipinski definition) is 1. The molecule has 1 rings (SSSR count). The Labute approximate surface area is 104 Å². The molecule has 0 aromatic heterocycles. The van der Waals surface area contributed by atoms with Gasteiger partial charge in [0.15, 0.2) is 5.78 Å². The van der Waals surface area contributed by atoms with Gasteiger partial charge in [0.25, 0.3) is 0 Å². The fraction of sp³-hybridized carbons (Fsp3) is 0.222. The summed E-state index contributed by atoms with van der Waals surface area (Å²) in [7, 11) is 0. The molecule has 0 aliphatic carbocycles. The second kappa shape index (κ2) is 4.75. The number of hydrogen-bond donors (Lipinski definition) is 0. The van der Waals surface area contributed by atoms with E-state index in [0.29, 0.717) is 5.56 Å². The third-order valence-electron chi connectivity index (χ3n) is 1.69. The lowest BCUT2D eigenvalue weighted by atomic mass is 10.1. The number of alkyl halides is 1. The van der Waals surface area contributed by atoms with E-state index in [1.165, 1.54) is 0 Å². The summed E-state index contributed by atoms with van der Waals surface area (Å²) in [5.41, 5.74) is 1.67. The molecule has 0 aliphatic rings. The molecule has 0 aliphatic heterocycles. The first-order valence-corrected chi connectivity index (χ1v) is 6.01. The van der Waals surface area contributed by atoms with E-state index in [4.69, 9.17) is 11.6 Å². The van der Waals surface area contributed by atoms with Crippen LogP contribution >= 0.6 is 50.1 Å². The molecule has 70 valence electrons. The molecule has 0 fully saturated rings. The molecule has 13 heavy (non-hydrogen) atoms.